The van der Waals surface area contributed by atoms with Crippen molar-refractivity contribution in [1.82, 2.24) is 4.72 Å². The van der Waals surface area contributed by atoms with E-state index < -0.39 is 21.7 Å². The van der Waals surface area contributed by atoms with E-state index in [0.717, 1.165) is 6.42 Å². The van der Waals surface area contributed by atoms with Gasteiger partial charge in [0.15, 0.2) is 0 Å². The summed E-state index contributed by atoms with van der Waals surface area (Å²) in [6, 6.07) is 6.64. The number of sulfonamides is 1. The summed E-state index contributed by atoms with van der Waals surface area (Å²) in [6.45, 7) is 2.69. The molecule has 130 valence electrons. The van der Waals surface area contributed by atoms with E-state index >= 15 is 0 Å². The maximum Gasteiger partial charge on any atom is 0.211 e. The van der Waals surface area contributed by atoms with Gasteiger partial charge in [-0.1, -0.05) is 19.1 Å². The minimum atomic E-state index is -3.36. The summed E-state index contributed by atoms with van der Waals surface area (Å²) in [5.74, 6) is 0.759. The van der Waals surface area contributed by atoms with Crippen LogP contribution in [0.15, 0.2) is 24.3 Å². The summed E-state index contributed by atoms with van der Waals surface area (Å²) in [5, 5.41) is 11.0. The standard InChI is InChI=1S/C16H26N2O4S/c1-2-12-23(20,21)18-15-4-3-9-16(15,19)13-5-7-14(8-6-13)22-11-10-17/h5-8,15,18-19H,2-4,9-12,17H2,1H3. The zero-order valence-electron chi connectivity index (χ0n) is 13.5. The van der Waals surface area contributed by atoms with E-state index in [1.807, 2.05) is 6.92 Å². The van der Waals surface area contributed by atoms with E-state index in [4.69, 9.17) is 10.5 Å². The number of ether oxygens (including phenoxy) is 1. The van der Waals surface area contributed by atoms with E-state index in [9.17, 15) is 13.5 Å². The van der Waals surface area contributed by atoms with E-state index in [-0.39, 0.29) is 5.75 Å². The van der Waals surface area contributed by atoms with Crippen LogP contribution in [0.3, 0.4) is 0 Å². The first kappa shape index (κ1) is 18.2. The Morgan fingerprint density at radius 3 is 2.70 bits per heavy atom. The Kier molecular flexibility index (Phi) is 6.02. The molecule has 2 rings (SSSR count). The number of benzene rings is 1. The molecule has 0 heterocycles. The van der Waals surface area contributed by atoms with Gasteiger partial charge in [-0.15, -0.1) is 0 Å². The van der Waals surface area contributed by atoms with Crippen molar-refractivity contribution in [3.8, 4) is 5.75 Å². The van der Waals surface area contributed by atoms with Crippen molar-refractivity contribution >= 4 is 10.0 Å². The van der Waals surface area contributed by atoms with E-state index in [1.165, 1.54) is 0 Å². The molecular weight excluding hydrogens is 316 g/mol. The quantitative estimate of drug-likeness (QED) is 0.656. The summed E-state index contributed by atoms with van der Waals surface area (Å²) in [7, 11) is -3.36. The molecule has 1 aliphatic rings. The van der Waals surface area contributed by atoms with Crippen molar-refractivity contribution in [2.45, 2.75) is 44.2 Å². The number of hydrogen-bond acceptors (Lipinski definition) is 5. The molecule has 7 heteroatoms. The van der Waals surface area contributed by atoms with E-state index in [0.29, 0.717) is 43.7 Å². The Morgan fingerprint density at radius 2 is 2.09 bits per heavy atom. The van der Waals surface area contributed by atoms with E-state index in [1.54, 1.807) is 24.3 Å². The average Bonchev–Trinajstić information content (AvgIpc) is 2.87. The number of hydrogen-bond donors (Lipinski definition) is 3. The molecule has 1 aliphatic carbocycles. The second kappa shape index (κ2) is 7.61. The van der Waals surface area contributed by atoms with Crippen LogP contribution in [0.1, 0.15) is 38.2 Å². The van der Waals surface area contributed by atoms with Gasteiger partial charge < -0.3 is 15.6 Å². The lowest BCUT2D eigenvalue weighted by Crippen LogP contribution is -2.47. The predicted molar refractivity (Wildman–Crippen MR) is 89.7 cm³/mol. The van der Waals surface area contributed by atoms with Crippen LogP contribution in [0.2, 0.25) is 0 Å². The fraction of sp³-hybridized carbons (Fsp3) is 0.625. The Balaban J connectivity index is 2.15. The number of nitrogens with one attached hydrogen (secondary N) is 1. The molecule has 6 nitrogen and oxygen atoms in total. The first-order valence-corrected chi connectivity index (χ1v) is 9.72. The zero-order chi connectivity index (χ0) is 16.9. The SMILES string of the molecule is CCCS(=O)(=O)NC1CCCC1(O)c1ccc(OCCN)cc1. The first-order valence-electron chi connectivity index (χ1n) is 8.07. The van der Waals surface area contributed by atoms with Gasteiger partial charge >= 0.3 is 0 Å². The van der Waals surface area contributed by atoms with Gasteiger partial charge in [0.25, 0.3) is 0 Å². The third kappa shape index (κ3) is 4.44. The highest BCUT2D eigenvalue weighted by Crippen LogP contribution is 2.39. The van der Waals surface area contributed by atoms with Gasteiger partial charge in [-0.05, 0) is 43.4 Å². The highest BCUT2D eigenvalue weighted by atomic mass is 32.2. The summed E-state index contributed by atoms with van der Waals surface area (Å²) in [5.41, 5.74) is 4.93. The lowest BCUT2D eigenvalue weighted by Gasteiger charge is -2.31. The maximum absolute atomic E-state index is 12.0. The molecule has 2 unspecified atom stereocenters. The van der Waals surface area contributed by atoms with Crippen LogP contribution in [0, 0.1) is 0 Å². The lowest BCUT2D eigenvalue weighted by atomic mass is 9.89. The fourth-order valence-electron chi connectivity index (χ4n) is 3.05. The van der Waals surface area contributed by atoms with Crippen LogP contribution in [0.25, 0.3) is 0 Å². The lowest BCUT2D eigenvalue weighted by molar-refractivity contribution is 0.0231. The first-order chi connectivity index (χ1) is 10.9. The molecule has 0 aliphatic heterocycles. The molecule has 0 aromatic heterocycles. The summed E-state index contributed by atoms with van der Waals surface area (Å²) in [4.78, 5) is 0. The Morgan fingerprint density at radius 1 is 1.39 bits per heavy atom. The normalized spacial score (nSPS) is 24.7. The molecule has 23 heavy (non-hydrogen) atoms. The van der Waals surface area contributed by atoms with Crippen LogP contribution in [-0.2, 0) is 15.6 Å². The molecule has 1 aromatic rings. The van der Waals surface area contributed by atoms with Crippen LogP contribution in [-0.4, -0.2) is 38.5 Å². The van der Waals surface area contributed by atoms with Crippen LogP contribution in [0.4, 0.5) is 0 Å². The summed E-state index contributed by atoms with van der Waals surface area (Å²) in [6.07, 6.45) is 2.50. The third-order valence-corrected chi connectivity index (χ3v) is 5.75. The van der Waals surface area contributed by atoms with E-state index in [2.05, 4.69) is 4.72 Å². The van der Waals surface area contributed by atoms with Gasteiger partial charge in [0, 0.05) is 6.54 Å². The highest BCUT2D eigenvalue weighted by Gasteiger charge is 2.44. The highest BCUT2D eigenvalue weighted by molar-refractivity contribution is 7.89. The average molecular weight is 342 g/mol. The maximum atomic E-state index is 12.0. The van der Waals surface area contributed by atoms with Crippen molar-refractivity contribution in [1.29, 1.82) is 0 Å². The molecule has 0 spiro atoms. The molecule has 1 fully saturated rings. The van der Waals surface area contributed by atoms with Crippen molar-refractivity contribution in [2.75, 3.05) is 18.9 Å². The topological polar surface area (TPSA) is 102 Å². The van der Waals surface area contributed by atoms with Crippen LogP contribution in [0.5, 0.6) is 5.75 Å². The zero-order valence-corrected chi connectivity index (χ0v) is 14.3. The van der Waals surface area contributed by atoms with Crippen LogP contribution < -0.4 is 15.2 Å². The smallest absolute Gasteiger partial charge is 0.211 e. The molecule has 0 amide bonds. The van der Waals surface area contributed by atoms with Crippen molar-refractivity contribution < 1.29 is 18.3 Å². The van der Waals surface area contributed by atoms with Gasteiger partial charge in [-0.2, -0.15) is 0 Å². The van der Waals surface area contributed by atoms with Crippen molar-refractivity contribution in [2.24, 2.45) is 5.73 Å². The van der Waals surface area contributed by atoms with Gasteiger partial charge in [-0.25, -0.2) is 13.1 Å². The van der Waals surface area contributed by atoms with Gasteiger partial charge in [-0.3, -0.25) is 0 Å². The van der Waals surface area contributed by atoms with Gasteiger partial charge in [0.05, 0.1) is 11.8 Å². The monoisotopic (exact) mass is 342 g/mol. The molecule has 1 aromatic carbocycles. The molecule has 0 bridgehead atoms. The van der Waals surface area contributed by atoms with Crippen molar-refractivity contribution in [3.05, 3.63) is 29.8 Å². The summed E-state index contributed by atoms with van der Waals surface area (Å²) < 4.78 is 32.1. The Hall–Kier alpha value is -1.15. The second-order valence-corrected chi connectivity index (χ2v) is 7.84. The largest absolute Gasteiger partial charge is 0.492 e. The second-order valence-electron chi connectivity index (χ2n) is 5.97. The van der Waals surface area contributed by atoms with Crippen LogP contribution >= 0.6 is 0 Å². The molecule has 1 saturated carbocycles. The number of nitrogens with two attached hydrogens (primary N) is 1. The molecule has 0 saturated heterocycles. The molecule has 4 N–H and O–H groups in total. The van der Waals surface area contributed by atoms with Crippen molar-refractivity contribution in [3.63, 3.8) is 0 Å². The minimum absolute atomic E-state index is 0.0748. The minimum Gasteiger partial charge on any atom is -0.492 e. The molecule has 2 atom stereocenters. The third-order valence-electron chi connectivity index (χ3n) is 4.16. The fourth-order valence-corrected chi connectivity index (χ4v) is 4.45. The Bertz CT molecular complexity index is 603. The van der Waals surface area contributed by atoms with Gasteiger partial charge in [0.1, 0.15) is 18.0 Å². The number of rotatable bonds is 8. The molecular formula is C16H26N2O4S. The number of aliphatic hydroxyl groups is 1. The summed E-state index contributed by atoms with van der Waals surface area (Å²) >= 11 is 0. The molecule has 0 radical (unpaired) electrons. The predicted octanol–water partition coefficient (Wildman–Crippen LogP) is 1.09. The van der Waals surface area contributed by atoms with Gasteiger partial charge in [0.2, 0.25) is 10.0 Å². The Labute approximate surface area is 138 Å².